The minimum Gasteiger partial charge on any atom is -0.438 e. The molecule has 2 amide bonds. The van der Waals surface area contributed by atoms with Gasteiger partial charge in [-0.25, -0.2) is 9.59 Å². The van der Waals surface area contributed by atoms with Gasteiger partial charge in [0.1, 0.15) is 6.54 Å². The zero-order valence-electron chi connectivity index (χ0n) is 17.4. The Labute approximate surface area is 176 Å². The van der Waals surface area contributed by atoms with E-state index in [1.165, 1.54) is 55.0 Å². The quantitative estimate of drug-likeness (QED) is 0.812. The highest BCUT2D eigenvalue weighted by Crippen LogP contribution is 2.41. The van der Waals surface area contributed by atoms with E-state index >= 15 is 0 Å². The molecule has 3 aliphatic rings. The lowest BCUT2D eigenvalue weighted by atomic mass is 9.95. The van der Waals surface area contributed by atoms with Gasteiger partial charge in [0.2, 0.25) is 0 Å². The summed E-state index contributed by atoms with van der Waals surface area (Å²) in [5.41, 5.74) is 7.12. The van der Waals surface area contributed by atoms with Gasteiger partial charge < -0.3 is 4.74 Å². The van der Waals surface area contributed by atoms with E-state index in [4.69, 9.17) is 9.84 Å². The molecule has 0 unspecified atom stereocenters. The molecule has 1 atom stereocenters. The van der Waals surface area contributed by atoms with Crippen LogP contribution in [0.2, 0.25) is 0 Å². The van der Waals surface area contributed by atoms with E-state index in [0.717, 1.165) is 30.6 Å². The Morgan fingerprint density at radius 1 is 1.27 bits per heavy atom. The molecule has 1 saturated heterocycles. The Morgan fingerprint density at radius 3 is 2.90 bits per heavy atom. The molecule has 0 spiro atoms. The van der Waals surface area contributed by atoms with E-state index in [-0.39, 0.29) is 18.1 Å². The molecule has 0 bridgehead atoms. The molecule has 1 aromatic heterocycles. The zero-order chi connectivity index (χ0) is 20.7. The van der Waals surface area contributed by atoms with Gasteiger partial charge >= 0.3 is 12.0 Å². The summed E-state index contributed by atoms with van der Waals surface area (Å²) < 4.78 is 5.45. The number of amides is 2. The minimum atomic E-state index is -0.338. The number of benzene rings is 1. The summed E-state index contributed by atoms with van der Waals surface area (Å²) in [5.74, 6) is 0.631. The summed E-state index contributed by atoms with van der Waals surface area (Å²) >= 11 is 0. The van der Waals surface area contributed by atoms with Gasteiger partial charge in [-0.3, -0.25) is 15.3 Å². The van der Waals surface area contributed by atoms with Gasteiger partial charge in [-0.1, -0.05) is 18.9 Å². The first kappa shape index (κ1) is 19.3. The number of primary amides is 1. The number of aromatic nitrogens is 2. The SMILES string of the molecule is CC(=O)[NH2+]C[C@H]1CN(c2ccc3c(c2)CCCc2c-3n[nH]c2C2CCCC2)C(=O)O1. The summed E-state index contributed by atoms with van der Waals surface area (Å²) in [5, 5.41) is 9.68. The summed E-state index contributed by atoms with van der Waals surface area (Å²) in [6.45, 7) is 2.45. The van der Waals surface area contributed by atoms with Crippen molar-refractivity contribution in [1.29, 1.82) is 0 Å². The van der Waals surface area contributed by atoms with E-state index in [2.05, 4.69) is 17.2 Å². The number of ether oxygens (including phenoxy) is 1. The number of cyclic esters (lactones) is 1. The van der Waals surface area contributed by atoms with E-state index in [1.54, 1.807) is 10.2 Å². The molecule has 2 aromatic rings. The maximum Gasteiger partial charge on any atom is 0.414 e. The van der Waals surface area contributed by atoms with Gasteiger partial charge in [-0.15, -0.1) is 0 Å². The van der Waals surface area contributed by atoms with Crippen LogP contribution in [0.3, 0.4) is 0 Å². The topological polar surface area (TPSA) is 91.9 Å². The standard InChI is InChI=1S/C23H28N4O3/c1-14(28)24-12-18-13-27(23(29)30-18)17-9-10-19-16(11-17)7-4-8-20-21(25-26-22(19)20)15-5-2-3-6-15/h9-11,15,18H,2-8,12-13H2,1H3,(H,24,28)(H,25,26)/p+1/t18-/m0/s1. The van der Waals surface area contributed by atoms with Gasteiger partial charge in [-0.05, 0) is 49.8 Å². The lowest BCUT2D eigenvalue weighted by molar-refractivity contribution is -0.573. The number of H-pyrrole nitrogens is 1. The summed E-state index contributed by atoms with van der Waals surface area (Å²) in [6.07, 6.45) is 7.67. The number of aromatic amines is 1. The fraction of sp³-hybridized carbons (Fsp3) is 0.522. The van der Waals surface area contributed by atoms with Crippen molar-refractivity contribution in [1.82, 2.24) is 10.2 Å². The number of rotatable bonds is 4. The Kier molecular flexibility index (Phi) is 5.06. The number of aryl methyl sites for hydroxylation is 1. The number of hydrogen-bond acceptors (Lipinski definition) is 4. The van der Waals surface area contributed by atoms with Gasteiger partial charge in [0, 0.05) is 28.4 Å². The molecule has 158 valence electrons. The number of carbonyl (C=O) groups is 2. The summed E-state index contributed by atoms with van der Waals surface area (Å²) in [7, 11) is 0. The van der Waals surface area contributed by atoms with Gasteiger partial charge in [0.25, 0.3) is 0 Å². The van der Waals surface area contributed by atoms with Crippen LogP contribution in [0.25, 0.3) is 11.3 Å². The Bertz CT molecular complexity index is 977. The molecule has 5 rings (SSSR count). The summed E-state index contributed by atoms with van der Waals surface area (Å²) in [4.78, 5) is 25.3. The molecular formula is C23H29N4O3+. The number of nitrogens with two attached hydrogens (primary N) is 1. The van der Waals surface area contributed by atoms with Crippen LogP contribution in [0.4, 0.5) is 10.5 Å². The van der Waals surface area contributed by atoms with Crippen molar-refractivity contribution in [2.75, 3.05) is 18.0 Å². The number of anilines is 1. The molecule has 0 radical (unpaired) electrons. The van der Waals surface area contributed by atoms with Crippen LogP contribution in [-0.2, 0) is 22.4 Å². The Morgan fingerprint density at radius 2 is 2.10 bits per heavy atom. The van der Waals surface area contributed by atoms with E-state index in [0.29, 0.717) is 19.0 Å². The second kappa shape index (κ2) is 7.87. The molecule has 7 heteroatoms. The Balaban J connectivity index is 1.40. The molecule has 1 aromatic carbocycles. The van der Waals surface area contributed by atoms with Crippen LogP contribution in [0, 0.1) is 0 Å². The van der Waals surface area contributed by atoms with Crippen molar-refractivity contribution >= 4 is 17.7 Å². The maximum absolute atomic E-state index is 12.4. The lowest BCUT2D eigenvalue weighted by Gasteiger charge is -2.15. The van der Waals surface area contributed by atoms with E-state index in [1.807, 2.05) is 6.07 Å². The van der Waals surface area contributed by atoms with Gasteiger partial charge in [-0.2, -0.15) is 5.10 Å². The monoisotopic (exact) mass is 409 g/mol. The van der Waals surface area contributed by atoms with Crippen molar-refractivity contribution in [3.63, 3.8) is 0 Å². The predicted octanol–water partition coefficient (Wildman–Crippen LogP) is 2.66. The van der Waals surface area contributed by atoms with Crippen LogP contribution >= 0.6 is 0 Å². The average Bonchev–Trinajstić information content (AvgIpc) is 3.44. The zero-order valence-corrected chi connectivity index (χ0v) is 17.4. The smallest absolute Gasteiger partial charge is 0.414 e. The van der Waals surface area contributed by atoms with Crippen LogP contribution < -0.4 is 10.2 Å². The third-order valence-electron chi connectivity index (χ3n) is 6.73. The second-order valence-corrected chi connectivity index (χ2v) is 8.81. The second-order valence-electron chi connectivity index (χ2n) is 8.81. The van der Waals surface area contributed by atoms with Crippen LogP contribution in [0.5, 0.6) is 0 Å². The molecule has 30 heavy (non-hydrogen) atoms. The highest BCUT2D eigenvalue weighted by atomic mass is 16.6. The highest BCUT2D eigenvalue weighted by molar-refractivity contribution is 5.90. The number of carbonyl (C=O) groups excluding carboxylic acids is 2. The molecule has 3 N–H and O–H groups in total. The molecule has 2 aliphatic carbocycles. The van der Waals surface area contributed by atoms with Crippen LogP contribution in [0.15, 0.2) is 18.2 Å². The first-order valence-electron chi connectivity index (χ1n) is 11.1. The lowest BCUT2D eigenvalue weighted by Crippen LogP contribution is -2.89. The number of nitrogens with zero attached hydrogens (tertiary/aromatic N) is 2. The first-order chi connectivity index (χ1) is 14.6. The predicted molar refractivity (Wildman–Crippen MR) is 112 cm³/mol. The van der Waals surface area contributed by atoms with E-state index < -0.39 is 0 Å². The van der Waals surface area contributed by atoms with Crippen LogP contribution in [0.1, 0.15) is 61.8 Å². The summed E-state index contributed by atoms with van der Waals surface area (Å²) in [6, 6.07) is 6.22. The van der Waals surface area contributed by atoms with Crippen molar-refractivity contribution in [2.24, 2.45) is 0 Å². The first-order valence-corrected chi connectivity index (χ1v) is 11.1. The Hall–Kier alpha value is -2.67. The highest BCUT2D eigenvalue weighted by Gasteiger charge is 2.34. The number of fused-ring (bicyclic) bond motifs is 3. The third kappa shape index (κ3) is 3.51. The third-order valence-corrected chi connectivity index (χ3v) is 6.73. The van der Waals surface area contributed by atoms with Crippen molar-refractivity contribution in [3.8, 4) is 11.3 Å². The maximum atomic E-state index is 12.4. The molecule has 1 aliphatic heterocycles. The molecule has 1 saturated carbocycles. The van der Waals surface area contributed by atoms with E-state index in [9.17, 15) is 9.59 Å². The number of hydrogen-bond donors (Lipinski definition) is 2. The van der Waals surface area contributed by atoms with Crippen molar-refractivity contribution in [3.05, 3.63) is 35.0 Å². The van der Waals surface area contributed by atoms with Crippen LogP contribution in [-0.4, -0.2) is 41.4 Å². The number of nitrogens with one attached hydrogen (secondary N) is 1. The molecular weight excluding hydrogens is 380 g/mol. The minimum absolute atomic E-state index is 0.00121. The molecule has 2 fully saturated rings. The van der Waals surface area contributed by atoms with Crippen molar-refractivity contribution < 1.29 is 19.6 Å². The van der Waals surface area contributed by atoms with Crippen molar-refractivity contribution in [2.45, 2.75) is 63.9 Å². The van der Waals surface area contributed by atoms with Gasteiger partial charge in [0.05, 0.1) is 19.2 Å². The number of quaternary nitrogens is 1. The average molecular weight is 410 g/mol. The van der Waals surface area contributed by atoms with Gasteiger partial charge in [0.15, 0.2) is 6.10 Å². The molecule has 7 nitrogen and oxygen atoms in total. The fourth-order valence-corrected chi connectivity index (χ4v) is 5.20. The normalized spacial score (nSPS) is 21.3. The fourth-order valence-electron chi connectivity index (χ4n) is 5.20. The largest absolute Gasteiger partial charge is 0.438 e. The molecule has 2 heterocycles.